The van der Waals surface area contributed by atoms with Crippen LogP contribution in [-0.2, 0) is 4.79 Å². The summed E-state index contributed by atoms with van der Waals surface area (Å²) >= 11 is 0. The zero-order valence-corrected chi connectivity index (χ0v) is 13.3. The molecule has 0 unspecified atom stereocenters. The zero-order chi connectivity index (χ0) is 17.3. The van der Waals surface area contributed by atoms with Gasteiger partial charge in [-0.2, -0.15) is 5.10 Å². The van der Waals surface area contributed by atoms with Gasteiger partial charge in [-0.15, -0.1) is 0 Å². The second-order valence-electron chi connectivity index (χ2n) is 5.42. The van der Waals surface area contributed by atoms with Crippen molar-refractivity contribution in [3.05, 3.63) is 40.7 Å². The molecule has 126 valence electrons. The minimum absolute atomic E-state index is 0.234. The second kappa shape index (κ2) is 6.23. The third-order valence-corrected chi connectivity index (χ3v) is 3.81. The molecule has 1 amide bonds. The van der Waals surface area contributed by atoms with Gasteiger partial charge in [0.2, 0.25) is 0 Å². The number of carboxylic acid groups (broad SMARTS) is 1. The van der Waals surface area contributed by atoms with E-state index in [2.05, 4.69) is 15.5 Å². The van der Waals surface area contributed by atoms with Crippen molar-refractivity contribution < 1.29 is 24.2 Å². The van der Waals surface area contributed by atoms with Crippen molar-refractivity contribution in [3.8, 4) is 11.5 Å². The quantitative estimate of drug-likeness (QED) is 0.779. The molecule has 0 fully saturated rings. The number of ether oxygens (including phenoxy) is 2. The van der Waals surface area contributed by atoms with Crippen molar-refractivity contribution in [2.45, 2.75) is 19.9 Å². The summed E-state index contributed by atoms with van der Waals surface area (Å²) in [4.78, 5) is 24.3. The van der Waals surface area contributed by atoms with Gasteiger partial charge in [0.25, 0.3) is 5.91 Å². The molecule has 0 aliphatic carbocycles. The summed E-state index contributed by atoms with van der Waals surface area (Å²) in [6.45, 7) is 4.13. The maximum Gasteiger partial charge on any atom is 0.331 e. The molecule has 1 aliphatic rings. The van der Waals surface area contributed by atoms with Crippen LogP contribution in [0.4, 0.5) is 0 Å². The number of aromatic nitrogens is 2. The molecule has 3 N–H and O–H groups in total. The first-order valence-corrected chi connectivity index (χ1v) is 7.42. The number of carboxylic acids is 1. The summed E-state index contributed by atoms with van der Waals surface area (Å²) in [5.74, 6) is -0.926. The first kappa shape index (κ1) is 15.9. The van der Waals surface area contributed by atoms with Gasteiger partial charge in [0, 0.05) is 11.3 Å². The number of amides is 1. The van der Waals surface area contributed by atoms with Crippen LogP contribution in [0.2, 0.25) is 0 Å². The molecule has 2 aromatic rings. The van der Waals surface area contributed by atoms with E-state index in [-0.39, 0.29) is 5.56 Å². The van der Waals surface area contributed by atoms with Gasteiger partial charge in [-0.05, 0) is 26.0 Å². The zero-order valence-electron chi connectivity index (χ0n) is 13.3. The Morgan fingerprint density at radius 1 is 1.29 bits per heavy atom. The van der Waals surface area contributed by atoms with Crippen LogP contribution in [-0.4, -0.2) is 40.4 Å². The molecule has 0 spiro atoms. The van der Waals surface area contributed by atoms with Crippen LogP contribution >= 0.6 is 0 Å². The Morgan fingerprint density at radius 2 is 2.04 bits per heavy atom. The van der Waals surface area contributed by atoms with E-state index in [0.717, 1.165) is 0 Å². The van der Waals surface area contributed by atoms with E-state index in [9.17, 15) is 14.7 Å². The summed E-state index contributed by atoms with van der Waals surface area (Å²) in [6.07, 6.45) is 0. The van der Waals surface area contributed by atoms with Crippen LogP contribution in [0.25, 0.3) is 0 Å². The number of carbonyl (C=O) groups is 2. The van der Waals surface area contributed by atoms with Crippen LogP contribution in [0.3, 0.4) is 0 Å². The molecule has 0 bridgehead atoms. The highest BCUT2D eigenvalue weighted by Crippen LogP contribution is 2.34. The predicted molar refractivity (Wildman–Crippen MR) is 83.3 cm³/mol. The average molecular weight is 331 g/mol. The number of aliphatic carboxylic acids is 1. The standard InChI is InChI=1S/C16H17N3O5/c1-8-12(9(2)19-18-8)13(16(21)22)17-15(20)10-4-3-5-11-14(10)24-7-6-23-11/h3-5,13H,6-7H2,1-2H3,(H,17,20)(H,18,19)(H,21,22)/t13-/m0/s1. The lowest BCUT2D eigenvalue weighted by Crippen LogP contribution is -2.35. The van der Waals surface area contributed by atoms with E-state index in [1.165, 1.54) is 0 Å². The number of hydrogen-bond donors (Lipinski definition) is 3. The molecule has 0 saturated carbocycles. The van der Waals surface area contributed by atoms with E-state index in [1.807, 2.05) is 0 Å². The van der Waals surface area contributed by atoms with Gasteiger partial charge >= 0.3 is 5.97 Å². The molecule has 8 nitrogen and oxygen atoms in total. The van der Waals surface area contributed by atoms with E-state index >= 15 is 0 Å². The topological polar surface area (TPSA) is 114 Å². The maximum atomic E-state index is 12.6. The normalized spacial score (nSPS) is 14.1. The van der Waals surface area contributed by atoms with Gasteiger partial charge < -0.3 is 19.9 Å². The number of aromatic amines is 1. The van der Waals surface area contributed by atoms with Crippen LogP contribution in [0.1, 0.15) is 33.4 Å². The highest BCUT2D eigenvalue weighted by Gasteiger charge is 2.29. The summed E-state index contributed by atoms with van der Waals surface area (Å²) in [5, 5.41) is 18.8. The van der Waals surface area contributed by atoms with Crippen LogP contribution in [0, 0.1) is 13.8 Å². The molecule has 1 atom stereocenters. The molecule has 3 rings (SSSR count). The number of rotatable bonds is 4. The van der Waals surface area contributed by atoms with Gasteiger partial charge in [-0.25, -0.2) is 4.79 Å². The molecule has 24 heavy (non-hydrogen) atoms. The highest BCUT2D eigenvalue weighted by atomic mass is 16.6. The molecular weight excluding hydrogens is 314 g/mol. The molecular formula is C16H17N3O5. The fraction of sp³-hybridized carbons (Fsp3) is 0.312. The number of carbonyl (C=O) groups excluding carboxylic acids is 1. The van der Waals surface area contributed by atoms with Gasteiger partial charge in [-0.1, -0.05) is 6.07 Å². The number of hydrogen-bond acceptors (Lipinski definition) is 5. The average Bonchev–Trinajstić information content (AvgIpc) is 2.90. The first-order valence-electron chi connectivity index (χ1n) is 7.42. The smallest absolute Gasteiger partial charge is 0.331 e. The van der Waals surface area contributed by atoms with Crippen molar-refractivity contribution in [1.82, 2.24) is 15.5 Å². The Labute approximate surface area is 137 Å². The molecule has 2 heterocycles. The lowest BCUT2D eigenvalue weighted by atomic mass is 10.0. The van der Waals surface area contributed by atoms with Crippen molar-refractivity contribution in [2.75, 3.05) is 13.2 Å². The van der Waals surface area contributed by atoms with Crippen LogP contribution in [0.15, 0.2) is 18.2 Å². The van der Waals surface area contributed by atoms with Gasteiger partial charge in [0.1, 0.15) is 13.2 Å². The van der Waals surface area contributed by atoms with Crippen molar-refractivity contribution >= 4 is 11.9 Å². The first-order chi connectivity index (χ1) is 11.5. The molecule has 1 aromatic carbocycles. The Morgan fingerprint density at radius 3 is 2.71 bits per heavy atom. The number of nitrogens with zero attached hydrogens (tertiary/aromatic N) is 1. The fourth-order valence-electron chi connectivity index (χ4n) is 2.70. The maximum absolute atomic E-state index is 12.6. The largest absolute Gasteiger partial charge is 0.486 e. The minimum atomic E-state index is -1.21. The van der Waals surface area contributed by atoms with Gasteiger partial charge in [-0.3, -0.25) is 9.89 Å². The van der Waals surface area contributed by atoms with E-state index in [1.54, 1.807) is 32.0 Å². The summed E-state index contributed by atoms with van der Waals surface area (Å²) in [7, 11) is 0. The Hall–Kier alpha value is -3.03. The number of benzene rings is 1. The van der Waals surface area contributed by atoms with E-state index in [0.29, 0.717) is 41.7 Å². The van der Waals surface area contributed by atoms with Gasteiger partial charge in [0.05, 0.1) is 11.3 Å². The summed E-state index contributed by atoms with van der Waals surface area (Å²) < 4.78 is 10.9. The molecule has 1 aromatic heterocycles. The third-order valence-electron chi connectivity index (χ3n) is 3.81. The molecule has 1 aliphatic heterocycles. The lowest BCUT2D eigenvalue weighted by Gasteiger charge is -2.21. The summed E-state index contributed by atoms with van der Waals surface area (Å²) in [6, 6.07) is 3.71. The van der Waals surface area contributed by atoms with Crippen LogP contribution in [0.5, 0.6) is 11.5 Å². The molecule has 8 heteroatoms. The number of aryl methyl sites for hydroxylation is 2. The number of H-pyrrole nitrogens is 1. The molecule has 0 radical (unpaired) electrons. The molecule has 0 saturated heterocycles. The van der Waals surface area contributed by atoms with Crippen molar-refractivity contribution in [2.24, 2.45) is 0 Å². The van der Waals surface area contributed by atoms with Crippen LogP contribution < -0.4 is 14.8 Å². The Balaban J connectivity index is 1.92. The summed E-state index contributed by atoms with van der Waals surface area (Å²) in [5.41, 5.74) is 1.79. The van der Waals surface area contributed by atoms with E-state index in [4.69, 9.17) is 9.47 Å². The fourth-order valence-corrected chi connectivity index (χ4v) is 2.70. The lowest BCUT2D eigenvalue weighted by molar-refractivity contribution is -0.139. The van der Waals surface area contributed by atoms with Crippen molar-refractivity contribution in [1.29, 1.82) is 0 Å². The number of fused-ring (bicyclic) bond motifs is 1. The predicted octanol–water partition coefficient (Wildman–Crippen LogP) is 1.35. The van der Waals surface area contributed by atoms with Crippen molar-refractivity contribution in [3.63, 3.8) is 0 Å². The Bertz CT molecular complexity index is 780. The SMILES string of the molecule is Cc1n[nH]c(C)c1[C@H](NC(=O)c1cccc2c1OCCO2)C(=O)O. The highest BCUT2D eigenvalue weighted by molar-refractivity contribution is 6.00. The number of para-hydroxylation sites is 1. The Kier molecular flexibility index (Phi) is 4.11. The second-order valence-corrected chi connectivity index (χ2v) is 5.42. The van der Waals surface area contributed by atoms with Gasteiger partial charge in [0.15, 0.2) is 17.5 Å². The van der Waals surface area contributed by atoms with E-state index < -0.39 is 17.9 Å². The number of nitrogens with one attached hydrogen (secondary N) is 2. The minimum Gasteiger partial charge on any atom is -0.486 e. The monoisotopic (exact) mass is 331 g/mol. The third kappa shape index (κ3) is 2.78.